The molecule has 6 nitrogen and oxygen atoms in total. The lowest BCUT2D eigenvalue weighted by atomic mass is 10.2. The van der Waals surface area contributed by atoms with Crippen LogP contribution in [0.5, 0.6) is 0 Å². The molecule has 0 aromatic carbocycles. The number of hydrogen-bond donors (Lipinski definition) is 1. The number of nitrogens with zero attached hydrogens (tertiary/aromatic N) is 2. The summed E-state index contributed by atoms with van der Waals surface area (Å²) in [5.74, 6) is 3.72. The first-order valence-electron chi connectivity index (χ1n) is 3.94. The van der Waals surface area contributed by atoms with Crippen molar-refractivity contribution in [1.82, 2.24) is 4.98 Å². The van der Waals surface area contributed by atoms with E-state index in [1.807, 2.05) is 0 Å². The van der Waals surface area contributed by atoms with E-state index in [0.29, 0.717) is 0 Å². The number of amides is 1. The molecule has 1 aromatic heterocycles. The predicted molar refractivity (Wildman–Crippen MR) is 51.7 cm³/mol. The van der Waals surface area contributed by atoms with Gasteiger partial charge < -0.3 is 5.73 Å². The standard InChI is InChI=1S/C9H7N3O3/c1-6-8(12(14)15)4-2-7(11-6)3-5-9(10)13/h2,4H,1H3,(H2,10,13). The normalized spacial score (nSPS) is 8.87. The zero-order valence-electron chi connectivity index (χ0n) is 7.85. The van der Waals surface area contributed by atoms with Crippen LogP contribution in [0.3, 0.4) is 0 Å². The van der Waals surface area contributed by atoms with E-state index in [4.69, 9.17) is 5.73 Å². The van der Waals surface area contributed by atoms with Crippen LogP contribution in [0.1, 0.15) is 11.4 Å². The van der Waals surface area contributed by atoms with Crippen LogP contribution in [0.4, 0.5) is 5.69 Å². The highest BCUT2D eigenvalue weighted by Gasteiger charge is 2.10. The number of carbonyl (C=O) groups excluding carboxylic acids is 1. The van der Waals surface area contributed by atoms with Crippen LogP contribution in [0.25, 0.3) is 0 Å². The van der Waals surface area contributed by atoms with Crippen molar-refractivity contribution < 1.29 is 9.72 Å². The number of nitrogens with two attached hydrogens (primary N) is 1. The SMILES string of the molecule is Cc1nc(C#CC(N)=O)ccc1[N+](=O)[O-]. The second-order valence-corrected chi connectivity index (χ2v) is 2.67. The third-order valence-electron chi connectivity index (χ3n) is 1.57. The summed E-state index contributed by atoms with van der Waals surface area (Å²) < 4.78 is 0. The highest BCUT2D eigenvalue weighted by atomic mass is 16.6. The number of nitro groups is 1. The number of hydrogen-bond acceptors (Lipinski definition) is 4. The summed E-state index contributed by atoms with van der Waals surface area (Å²) in [7, 11) is 0. The molecule has 1 heterocycles. The molecule has 0 aliphatic carbocycles. The van der Waals surface area contributed by atoms with Gasteiger partial charge in [-0.2, -0.15) is 0 Å². The fourth-order valence-corrected chi connectivity index (χ4v) is 0.942. The smallest absolute Gasteiger partial charge is 0.293 e. The first-order valence-corrected chi connectivity index (χ1v) is 3.94. The van der Waals surface area contributed by atoms with Gasteiger partial charge in [0.1, 0.15) is 11.4 Å². The van der Waals surface area contributed by atoms with Crippen molar-refractivity contribution >= 4 is 11.6 Å². The van der Waals surface area contributed by atoms with Gasteiger partial charge in [-0.1, -0.05) is 0 Å². The van der Waals surface area contributed by atoms with Crippen molar-refractivity contribution in [3.63, 3.8) is 0 Å². The fourth-order valence-electron chi connectivity index (χ4n) is 0.942. The minimum atomic E-state index is -0.771. The lowest BCUT2D eigenvalue weighted by Gasteiger charge is -1.95. The van der Waals surface area contributed by atoms with Gasteiger partial charge in [-0.25, -0.2) is 4.98 Å². The van der Waals surface area contributed by atoms with Crippen molar-refractivity contribution in [1.29, 1.82) is 0 Å². The molecule has 0 saturated heterocycles. The van der Waals surface area contributed by atoms with E-state index < -0.39 is 10.8 Å². The Morgan fingerprint density at radius 1 is 1.60 bits per heavy atom. The van der Waals surface area contributed by atoms with Gasteiger partial charge >= 0.3 is 0 Å². The zero-order valence-corrected chi connectivity index (χ0v) is 7.85. The minimum absolute atomic E-state index is 0.0837. The maximum Gasteiger partial charge on any atom is 0.293 e. The summed E-state index contributed by atoms with van der Waals surface area (Å²) in [6.07, 6.45) is 0. The first-order chi connectivity index (χ1) is 7.00. The van der Waals surface area contributed by atoms with E-state index >= 15 is 0 Å². The average Bonchev–Trinajstić information content (AvgIpc) is 2.14. The Balaban J connectivity index is 3.09. The van der Waals surface area contributed by atoms with Crippen molar-refractivity contribution in [3.8, 4) is 11.8 Å². The van der Waals surface area contributed by atoms with Crippen LogP contribution in [0.15, 0.2) is 12.1 Å². The second-order valence-electron chi connectivity index (χ2n) is 2.67. The van der Waals surface area contributed by atoms with Crippen LogP contribution in [-0.4, -0.2) is 15.8 Å². The molecule has 0 spiro atoms. The summed E-state index contributed by atoms with van der Waals surface area (Å²) in [5, 5.41) is 10.5. The Labute approximate surface area is 85.3 Å². The topological polar surface area (TPSA) is 99.1 Å². The van der Waals surface area contributed by atoms with E-state index in [0.717, 1.165) is 0 Å². The third-order valence-corrected chi connectivity index (χ3v) is 1.57. The molecule has 6 heteroatoms. The van der Waals surface area contributed by atoms with Gasteiger partial charge in [-0.3, -0.25) is 14.9 Å². The van der Waals surface area contributed by atoms with Gasteiger partial charge in [0.05, 0.1) is 4.92 Å². The van der Waals surface area contributed by atoms with Crippen molar-refractivity contribution in [2.45, 2.75) is 6.92 Å². The molecule has 0 bridgehead atoms. The van der Waals surface area contributed by atoms with Crippen LogP contribution in [0, 0.1) is 28.9 Å². The highest BCUT2D eigenvalue weighted by Crippen LogP contribution is 2.14. The summed E-state index contributed by atoms with van der Waals surface area (Å²) in [6, 6.07) is 2.65. The van der Waals surface area contributed by atoms with Gasteiger partial charge in [-0.15, -0.1) is 0 Å². The molecule has 0 fully saturated rings. The number of pyridine rings is 1. The molecule has 0 aliphatic heterocycles. The fraction of sp³-hybridized carbons (Fsp3) is 0.111. The molecular formula is C9H7N3O3. The Hall–Kier alpha value is -2.42. The van der Waals surface area contributed by atoms with Gasteiger partial charge in [-0.05, 0) is 18.9 Å². The Bertz CT molecular complexity index is 485. The highest BCUT2D eigenvalue weighted by molar-refractivity contribution is 5.92. The Morgan fingerprint density at radius 2 is 2.27 bits per heavy atom. The maximum absolute atomic E-state index is 10.5. The lowest BCUT2D eigenvalue weighted by Crippen LogP contribution is -2.06. The molecule has 0 unspecified atom stereocenters. The molecule has 15 heavy (non-hydrogen) atoms. The molecule has 0 aliphatic rings. The van der Waals surface area contributed by atoms with E-state index in [1.54, 1.807) is 0 Å². The average molecular weight is 205 g/mol. The lowest BCUT2D eigenvalue weighted by molar-refractivity contribution is -0.385. The van der Waals surface area contributed by atoms with E-state index in [-0.39, 0.29) is 17.1 Å². The van der Waals surface area contributed by atoms with E-state index in [9.17, 15) is 14.9 Å². The summed E-state index contributed by atoms with van der Waals surface area (Å²) in [6.45, 7) is 1.49. The van der Waals surface area contributed by atoms with Crippen molar-refractivity contribution in [2.24, 2.45) is 5.73 Å². The Morgan fingerprint density at radius 3 is 2.73 bits per heavy atom. The van der Waals surface area contributed by atoms with Gasteiger partial charge in [0, 0.05) is 12.0 Å². The number of primary amides is 1. The minimum Gasteiger partial charge on any atom is -0.359 e. The quantitative estimate of drug-likeness (QED) is 0.400. The molecule has 0 radical (unpaired) electrons. The molecule has 1 aromatic rings. The van der Waals surface area contributed by atoms with Crippen molar-refractivity contribution in [3.05, 3.63) is 33.6 Å². The summed E-state index contributed by atoms with van der Waals surface area (Å²) >= 11 is 0. The van der Waals surface area contributed by atoms with Crippen LogP contribution >= 0.6 is 0 Å². The van der Waals surface area contributed by atoms with Crippen molar-refractivity contribution in [2.75, 3.05) is 0 Å². The zero-order chi connectivity index (χ0) is 11.4. The van der Waals surface area contributed by atoms with Crippen LogP contribution < -0.4 is 5.73 Å². The third kappa shape index (κ3) is 2.77. The number of aryl methyl sites for hydroxylation is 1. The predicted octanol–water partition coefficient (Wildman–Crippen LogP) is 0.135. The number of rotatable bonds is 1. The van der Waals surface area contributed by atoms with Crippen LogP contribution in [0.2, 0.25) is 0 Å². The monoisotopic (exact) mass is 205 g/mol. The molecule has 76 valence electrons. The number of carbonyl (C=O) groups is 1. The largest absolute Gasteiger partial charge is 0.359 e. The summed E-state index contributed by atoms with van der Waals surface area (Å²) in [4.78, 5) is 24.1. The van der Waals surface area contributed by atoms with E-state index in [2.05, 4.69) is 16.8 Å². The van der Waals surface area contributed by atoms with Gasteiger partial charge in [0.2, 0.25) is 0 Å². The molecular weight excluding hydrogens is 198 g/mol. The van der Waals surface area contributed by atoms with E-state index in [1.165, 1.54) is 19.1 Å². The Kier molecular flexibility index (Phi) is 2.98. The first kappa shape index (κ1) is 10.7. The van der Waals surface area contributed by atoms with Gasteiger partial charge in [0.15, 0.2) is 0 Å². The second kappa shape index (κ2) is 4.19. The molecule has 0 saturated carbocycles. The van der Waals surface area contributed by atoms with Gasteiger partial charge in [0.25, 0.3) is 11.6 Å². The maximum atomic E-state index is 10.5. The molecule has 1 rings (SSSR count). The summed E-state index contributed by atoms with van der Waals surface area (Å²) in [5.41, 5.74) is 5.25. The van der Waals surface area contributed by atoms with Crippen LogP contribution in [-0.2, 0) is 4.79 Å². The number of aromatic nitrogens is 1. The molecule has 1 amide bonds. The molecule has 0 atom stereocenters. The molecule has 2 N–H and O–H groups in total.